The van der Waals surface area contributed by atoms with Crippen LogP contribution in [0.5, 0.6) is 11.6 Å². The number of nitrogens with zero attached hydrogens (tertiary/aromatic N) is 2. The molecule has 3 rings (SSSR count). The smallest absolute Gasteiger partial charge is 0.213 e. The van der Waals surface area contributed by atoms with Gasteiger partial charge in [0.1, 0.15) is 5.75 Å². The first-order valence-electron chi connectivity index (χ1n) is 9.93. The number of aryl methyl sites for hydroxylation is 1. The summed E-state index contributed by atoms with van der Waals surface area (Å²) in [6.07, 6.45) is 3.19. The number of piperidine rings is 1. The summed E-state index contributed by atoms with van der Waals surface area (Å²) in [4.78, 5) is 6.46. The van der Waals surface area contributed by atoms with Crippen molar-refractivity contribution in [3.05, 3.63) is 53.2 Å². The summed E-state index contributed by atoms with van der Waals surface area (Å²) in [7, 11) is 0. The molecule has 28 heavy (non-hydrogen) atoms. The number of rotatable bonds is 7. The van der Waals surface area contributed by atoms with Crippen molar-refractivity contribution in [3.63, 3.8) is 0 Å². The van der Waals surface area contributed by atoms with Crippen molar-refractivity contribution in [1.29, 1.82) is 0 Å². The highest BCUT2D eigenvalue weighted by molar-refractivity contribution is 5.36. The first-order chi connectivity index (χ1) is 13.4. The van der Waals surface area contributed by atoms with E-state index in [4.69, 9.17) is 4.74 Å². The lowest BCUT2D eigenvalue weighted by molar-refractivity contribution is -0.0347. The van der Waals surface area contributed by atoms with Crippen molar-refractivity contribution in [3.8, 4) is 11.6 Å². The molecule has 0 radical (unpaired) electrons. The number of phenolic OH excluding ortho intramolecular Hbond substituents is 1. The Morgan fingerprint density at radius 3 is 2.57 bits per heavy atom. The quantitative estimate of drug-likeness (QED) is 0.678. The van der Waals surface area contributed by atoms with Crippen molar-refractivity contribution in [2.24, 2.45) is 0 Å². The SMILES string of the molecule is CCCOc1ccc(C2(O)CCN(CC(O)c3ccc(O)c(C)c3)CC2)cn1. The van der Waals surface area contributed by atoms with Gasteiger partial charge >= 0.3 is 0 Å². The molecule has 0 aliphatic carbocycles. The van der Waals surface area contributed by atoms with Crippen LogP contribution in [0.25, 0.3) is 0 Å². The van der Waals surface area contributed by atoms with Gasteiger partial charge in [0, 0.05) is 37.5 Å². The normalized spacial score (nSPS) is 18.0. The van der Waals surface area contributed by atoms with Gasteiger partial charge in [-0.2, -0.15) is 0 Å². The maximum absolute atomic E-state index is 11.0. The third kappa shape index (κ3) is 4.82. The molecule has 1 aliphatic rings. The Labute approximate surface area is 166 Å². The van der Waals surface area contributed by atoms with Gasteiger partial charge in [-0.15, -0.1) is 0 Å². The third-order valence-corrected chi connectivity index (χ3v) is 5.45. The predicted octanol–water partition coefficient (Wildman–Crippen LogP) is 2.90. The van der Waals surface area contributed by atoms with Crippen LogP contribution in [0, 0.1) is 6.92 Å². The van der Waals surface area contributed by atoms with Crippen LogP contribution >= 0.6 is 0 Å². The minimum Gasteiger partial charge on any atom is -0.508 e. The molecule has 1 unspecified atom stereocenters. The number of hydrogen-bond donors (Lipinski definition) is 3. The van der Waals surface area contributed by atoms with Gasteiger partial charge in [-0.05, 0) is 55.5 Å². The zero-order valence-corrected chi connectivity index (χ0v) is 16.6. The number of aliphatic hydroxyl groups is 2. The molecular formula is C22H30N2O4. The molecule has 1 fully saturated rings. The molecule has 1 aromatic carbocycles. The van der Waals surface area contributed by atoms with E-state index in [2.05, 4.69) is 9.88 Å². The van der Waals surface area contributed by atoms with Gasteiger partial charge in [-0.1, -0.05) is 13.0 Å². The van der Waals surface area contributed by atoms with E-state index in [0.29, 0.717) is 45.0 Å². The standard InChI is InChI=1S/C22H30N2O4/c1-3-12-28-21-7-5-18(14-23-21)22(27)8-10-24(11-9-22)15-20(26)17-4-6-19(25)16(2)13-17/h4-7,13-14,20,25-27H,3,8-12,15H2,1-2H3. The fourth-order valence-corrected chi connectivity index (χ4v) is 3.58. The molecule has 1 atom stereocenters. The number of ether oxygens (including phenoxy) is 1. The highest BCUT2D eigenvalue weighted by Crippen LogP contribution is 2.33. The molecule has 0 amide bonds. The summed E-state index contributed by atoms with van der Waals surface area (Å²) in [6, 6.07) is 8.88. The number of β-amino-alcohol motifs (C(OH)–C–C–N with tert-alkyl or cyclic N) is 1. The Kier molecular flexibility index (Phi) is 6.54. The Morgan fingerprint density at radius 1 is 1.21 bits per heavy atom. The zero-order chi connectivity index (χ0) is 20.1. The molecule has 6 nitrogen and oxygen atoms in total. The lowest BCUT2D eigenvalue weighted by Crippen LogP contribution is -2.44. The van der Waals surface area contributed by atoms with Crippen LogP contribution in [-0.4, -0.2) is 51.4 Å². The predicted molar refractivity (Wildman–Crippen MR) is 107 cm³/mol. The van der Waals surface area contributed by atoms with Gasteiger partial charge < -0.3 is 25.0 Å². The third-order valence-electron chi connectivity index (χ3n) is 5.45. The maximum atomic E-state index is 11.0. The Bertz CT molecular complexity index is 771. The minimum absolute atomic E-state index is 0.235. The van der Waals surface area contributed by atoms with E-state index in [1.807, 2.05) is 32.0 Å². The molecule has 2 heterocycles. The van der Waals surface area contributed by atoms with E-state index in [-0.39, 0.29) is 5.75 Å². The molecule has 0 bridgehead atoms. The maximum Gasteiger partial charge on any atom is 0.213 e. The second-order valence-corrected chi connectivity index (χ2v) is 7.63. The summed E-state index contributed by atoms with van der Waals surface area (Å²) in [5.74, 6) is 0.817. The highest BCUT2D eigenvalue weighted by atomic mass is 16.5. The van der Waals surface area contributed by atoms with Crippen molar-refractivity contribution in [2.45, 2.75) is 44.8 Å². The van der Waals surface area contributed by atoms with Crippen molar-refractivity contribution in [1.82, 2.24) is 9.88 Å². The molecule has 3 N–H and O–H groups in total. The topological polar surface area (TPSA) is 86.1 Å². The summed E-state index contributed by atoms with van der Waals surface area (Å²) < 4.78 is 5.50. The number of aromatic hydroxyl groups is 1. The van der Waals surface area contributed by atoms with Crippen LogP contribution in [0.4, 0.5) is 0 Å². The average molecular weight is 386 g/mol. The van der Waals surface area contributed by atoms with Crippen LogP contribution in [0.2, 0.25) is 0 Å². The van der Waals surface area contributed by atoms with Crippen molar-refractivity contribution < 1.29 is 20.1 Å². The lowest BCUT2D eigenvalue weighted by atomic mass is 9.85. The second kappa shape index (κ2) is 8.90. The summed E-state index contributed by atoms with van der Waals surface area (Å²) in [6.45, 7) is 6.39. The average Bonchev–Trinajstić information content (AvgIpc) is 2.70. The Balaban J connectivity index is 1.56. The minimum atomic E-state index is -0.896. The van der Waals surface area contributed by atoms with Crippen LogP contribution in [0.3, 0.4) is 0 Å². The number of phenols is 1. The Hall–Kier alpha value is -2.15. The monoisotopic (exact) mass is 386 g/mol. The van der Waals surface area contributed by atoms with Gasteiger partial charge in [0.25, 0.3) is 0 Å². The molecule has 0 spiro atoms. The first kappa shape index (κ1) is 20.6. The van der Waals surface area contributed by atoms with Crippen molar-refractivity contribution >= 4 is 0 Å². The van der Waals surface area contributed by atoms with E-state index in [1.165, 1.54) is 0 Å². The summed E-state index contributed by atoms with van der Waals surface area (Å²) >= 11 is 0. The summed E-state index contributed by atoms with van der Waals surface area (Å²) in [5, 5.41) is 31.2. The highest BCUT2D eigenvalue weighted by Gasteiger charge is 2.34. The van der Waals surface area contributed by atoms with Gasteiger partial charge in [0.2, 0.25) is 5.88 Å². The van der Waals surface area contributed by atoms with Crippen LogP contribution in [-0.2, 0) is 5.60 Å². The van der Waals surface area contributed by atoms with E-state index >= 15 is 0 Å². The van der Waals surface area contributed by atoms with E-state index < -0.39 is 11.7 Å². The van der Waals surface area contributed by atoms with Gasteiger partial charge in [-0.25, -0.2) is 4.98 Å². The second-order valence-electron chi connectivity index (χ2n) is 7.63. The molecule has 1 aromatic heterocycles. The van der Waals surface area contributed by atoms with Crippen LogP contribution < -0.4 is 4.74 Å². The molecule has 1 saturated heterocycles. The van der Waals surface area contributed by atoms with E-state index in [9.17, 15) is 15.3 Å². The first-order valence-corrected chi connectivity index (χ1v) is 9.93. The number of likely N-dealkylation sites (tertiary alicyclic amines) is 1. The van der Waals surface area contributed by atoms with Gasteiger partial charge in [-0.3, -0.25) is 0 Å². The number of aromatic nitrogens is 1. The fraction of sp³-hybridized carbons (Fsp3) is 0.500. The van der Waals surface area contributed by atoms with Gasteiger partial charge in [0.05, 0.1) is 18.3 Å². The number of pyridine rings is 1. The van der Waals surface area contributed by atoms with Gasteiger partial charge in [0.15, 0.2) is 0 Å². The summed E-state index contributed by atoms with van der Waals surface area (Å²) in [5.41, 5.74) is 1.46. The Morgan fingerprint density at radius 2 is 1.96 bits per heavy atom. The van der Waals surface area contributed by atoms with Crippen LogP contribution in [0.15, 0.2) is 36.5 Å². The number of benzene rings is 1. The van der Waals surface area contributed by atoms with Crippen LogP contribution in [0.1, 0.15) is 49.0 Å². The molecule has 2 aromatic rings. The largest absolute Gasteiger partial charge is 0.508 e. The molecule has 152 valence electrons. The van der Waals surface area contributed by atoms with Crippen molar-refractivity contribution in [2.75, 3.05) is 26.2 Å². The lowest BCUT2D eigenvalue weighted by Gasteiger charge is -2.39. The number of aliphatic hydroxyl groups excluding tert-OH is 1. The molecule has 1 aliphatic heterocycles. The fourth-order valence-electron chi connectivity index (χ4n) is 3.58. The molecular weight excluding hydrogens is 356 g/mol. The number of hydrogen-bond acceptors (Lipinski definition) is 6. The molecule has 0 saturated carbocycles. The van der Waals surface area contributed by atoms with E-state index in [1.54, 1.807) is 18.3 Å². The zero-order valence-electron chi connectivity index (χ0n) is 16.6. The molecule has 6 heteroatoms. The van der Waals surface area contributed by atoms with E-state index in [0.717, 1.165) is 23.1 Å².